The molecule has 0 spiro atoms. The molecule has 20 nitrogen and oxygen atoms in total. The summed E-state index contributed by atoms with van der Waals surface area (Å²) in [6.07, 6.45) is 12.6. The Morgan fingerprint density at radius 3 is 1.54 bits per heavy atom. The van der Waals surface area contributed by atoms with Crippen LogP contribution >= 0.6 is 0 Å². The second-order valence-electron chi connectivity index (χ2n) is 17.8. The van der Waals surface area contributed by atoms with Crippen LogP contribution in [0.25, 0.3) is 22.8 Å². The third-order valence-corrected chi connectivity index (χ3v) is 10.0. The van der Waals surface area contributed by atoms with Crippen LogP contribution in [0.15, 0.2) is 83.1 Å². The molecule has 0 radical (unpaired) electrons. The van der Waals surface area contributed by atoms with Gasteiger partial charge in [-0.1, -0.05) is 41.5 Å². The van der Waals surface area contributed by atoms with Crippen molar-refractivity contribution < 1.29 is 32.3 Å². The summed E-state index contributed by atoms with van der Waals surface area (Å²) in [7, 11) is 3.60. The van der Waals surface area contributed by atoms with Gasteiger partial charge < -0.3 is 30.3 Å². The third-order valence-electron chi connectivity index (χ3n) is 10.0. The molecule has 6 aromatic heterocycles. The highest BCUT2D eigenvalue weighted by Gasteiger charge is 2.24. The summed E-state index contributed by atoms with van der Waals surface area (Å²) in [5.74, 6) is -0.0527. The van der Waals surface area contributed by atoms with Crippen molar-refractivity contribution in [2.45, 2.75) is 85.6 Å². The van der Waals surface area contributed by atoms with E-state index in [0.717, 1.165) is 34.2 Å². The van der Waals surface area contributed by atoms with Crippen molar-refractivity contribution >= 4 is 35.0 Å². The third kappa shape index (κ3) is 13.3. The molecule has 69 heavy (non-hydrogen) atoms. The van der Waals surface area contributed by atoms with Crippen molar-refractivity contribution in [2.24, 2.45) is 19.8 Å². The minimum Gasteiger partial charge on any atom is -0.476 e. The van der Waals surface area contributed by atoms with E-state index in [2.05, 4.69) is 60.7 Å². The number of oxazole rings is 2. The Morgan fingerprint density at radius 2 is 1.13 bits per heavy atom. The highest BCUT2D eigenvalue weighted by molar-refractivity contribution is 5.94. The van der Waals surface area contributed by atoms with E-state index in [4.69, 9.17) is 19.7 Å². The average molecular weight is 946 g/mol. The molecule has 8 rings (SSSR count). The number of rotatable bonds is 12. The van der Waals surface area contributed by atoms with Crippen molar-refractivity contribution in [3.8, 4) is 22.8 Å². The van der Waals surface area contributed by atoms with E-state index in [0.29, 0.717) is 41.1 Å². The van der Waals surface area contributed by atoms with Crippen LogP contribution in [0.1, 0.15) is 103 Å². The maximum atomic E-state index is 15.0. The quantitative estimate of drug-likeness (QED) is 0.0841. The van der Waals surface area contributed by atoms with Crippen LogP contribution in [0.4, 0.5) is 32.1 Å². The second kappa shape index (κ2) is 21.2. The highest BCUT2D eigenvalue weighted by Crippen LogP contribution is 2.28. The molecule has 0 fully saturated rings. The van der Waals surface area contributed by atoms with Gasteiger partial charge in [0.15, 0.2) is 34.9 Å². The van der Waals surface area contributed by atoms with E-state index in [-0.39, 0.29) is 58.4 Å². The number of carboxylic acid groups (broad SMARTS) is 1. The van der Waals surface area contributed by atoms with Crippen LogP contribution in [0.2, 0.25) is 0 Å². The predicted molar refractivity (Wildman–Crippen MR) is 251 cm³/mol. The molecule has 6 heterocycles. The number of nitrogens with zero attached hydrogens (tertiary/aromatic N) is 12. The van der Waals surface area contributed by atoms with E-state index in [1.54, 1.807) is 60.4 Å². The Kier molecular flexibility index (Phi) is 15.5. The lowest BCUT2D eigenvalue weighted by Crippen LogP contribution is -2.12. The van der Waals surface area contributed by atoms with Crippen molar-refractivity contribution in [2.75, 3.05) is 10.6 Å². The molecule has 0 saturated heterocycles. The number of nitrogens with one attached hydrogen (secondary N) is 2. The molecule has 2 aromatic carbocycles. The average Bonchev–Trinajstić information content (AvgIpc) is 4.14. The number of aryl methyl sites for hydroxylation is 5. The molecule has 8 aromatic rings. The first kappa shape index (κ1) is 50.3. The summed E-state index contributed by atoms with van der Waals surface area (Å²) in [6.45, 7) is 15.6. The lowest BCUT2D eigenvalue weighted by atomic mass is 9.97. The van der Waals surface area contributed by atoms with Gasteiger partial charge in [0.1, 0.15) is 42.5 Å². The van der Waals surface area contributed by atoms with Gasteiger partial charge in [-0.15, -0.1) is 0 Å². The van der Waals surface area contributed by atoms with E-state index >= 15 is 4.39 Å². The normalized spacial score (nSPS) is 11.3. The molecule has 0 atom stereocenters. The molecule has 0 amide bonds. The SMILES string of the molecule is CC(C)(C)c1nc(C(=O)O)co1.Cc1cc(-c2ncnc(Nc3cnn(C)c3)n2)c(F)cc1CCC(=O)c1coc(C(C)(C)C)n1.Cc1cc(-c2ncnc(Nc3cnn(C)c3)n2)c(F)cc1CN. The van der Waals surface area contributed by atoms with Crippen LogP contribution < -0.4 is 16.4 Å². The summed E-state index contributed by atoms with van der Waals surface area (Å²) in [4.78, 5) is 56.0. The maximum absolute atomic E-state index is 15.0. The number of ketones is 1. The van der Waals surface area contributed by atoms with Gasteiger partial charge in [0.05, 0.1) is 34.9 Å². The molecule has 0 unspecified atom stereocenters. The zero-order valence-electron chi connectivity index (χ0n) is 39.8. The van der Waals surface area contributed by atoms with Crippen molar-refractivity contribution in [1.82, 2.24) is 59.4 Å². The Hall–Kier alpha value is -8.14. The predicted octanol–water partition coefficient (Wildman–Crippen LogP) is 8.16. The van der Waals surface area contributed by atoms with Gasteiger partial charge in [-0.2, -0.15) is 20.2 Å². The van der Waals surface area contributed by atoms with E-state index in [9.17, 15) is 14.0 Å². The first-order valence-corrected chi connectivity index (χ1v) is 21.4. The zero-order valence-corrected chi connectivity index (χ0v) is 39.8. The first-order chi connectivity index (χ1) is 32.6. The minimum absolute atomic E-state index is 0.0417. The summed E-state index contributed by atoms with van der Waals surface area (Å²) in [6, 6.07) is 6.23. The first-order valence-electron chi connectivity index (χ1n) is 21.4. The second-order valence-corrected chi connectivity index (χ2v) is 17.8. The number of Topliss-reactive ketones (excluding diaryl/α,β-unsaturated/α-hetero) is 1. The van der Waals surface area contributed by atoms with Crippen LogP contribution in [0, 0.1) is 25.5 Å². The van der Waals surface area contributed by atoms with Crippen LogP contribution in [0.5, 0.6) is 0 Å². The van der Waals surface area contributed by atoms with Gasteiger partial charge in [0, 0.05) is 50.3 Å². The molecular weight excluding hydrogens is 893 g/mol. The zero-order chi connectivity index (χ0) is 50.2. The minimum atomic E-state index is -1.06. The van der Waals surface area contributed by atoms with Crippen LogP contribution in [-0.4, -0.2) is 76.3 Å². The van der Waals surface area contributed by atoms with E-state index in [1.165, 1.54) is 31.1 Å². The summed E-state index contributed by atoms with van der Waals surface area (Å²) in [5, 5.41) is 22.7. The van der Waals surface area contributed by atoms with Crippen molar-refractivity contribution in [1.29, 1.82) is 0 Å². The number of aromatic nitrogens is 12. The smallest absolute Gasteiger partial charge is 0.357 e. The fourth-order valence-electron chi connectivity index (χ4n) is 6.32. The Labute approximate surface area is 395 Å². The van der Waals surface area contributed by atoms with E-state index in [1.807, 2.05) is 55.4 Å². The molecule has 0 aliphatic carbocycles. The molecule has 5 N–H and O–H groups in total. The lowest BCUT2D eigenvalue weighted by Gasteiger charge is -2.11. The number of anilines is 4. The van der Waals surface area contributed by atoms with E-state index < -0.39 is 17.6 Å². The van der Waals surface area contributed by atoms with Gasteiger partial charge in [0.25, 0.3) is 0 Å². The number of carbonyl (C=O) groups is 2. The van der Waals surface area contributed by atoms with Gasteiger partial charge in [-0.05, 0) is 66.8 Å². The molecule has 360 valence electrons. The largest absolute Gasteiger partial charge is 0.476 e. The number of benzene rings is 2. The monoisotopic (exact) mass is 945 g/mol. The lowest BCUT2D eigenvalue weighted by molar-refractivity contribution is 0.0690. The number of hydrogen-bond acceptors (Lipinski definition) is 17. The number of halogens is 2. The fourth-order valence-corrected chi connectivity index (χ4v) is 6.32. The molecule has 0 aliphatic heterocycles. The molecular formula is C47H53F2N15O5. The maximum Gasteiger partial charge on any atom is 0.357 e. The Morgan fingerprint density at radius 1 is 0.681 bits per heavy atom. The van der Waals surface area contributed by atoms with Gasteiger partial charge in [-0.3, -0.25) is 14.2 Å². The molecule has 22 heteroatoms. The number of aromatic carboxylic acids is 1. The van der Waals surface area contributed by atoms with Crippen LogP contribution in [0.3, 0.4) is 0 Å². The number of nitrogens with two attached hydrogens (primary N) is 1. The summed E-state index contributed by atoms with van der Waals surface area (Å²) < 4.78 is 43.0. The highest BCUT2D eigenvalue weighted by atomic mass is 19.1. The number of carbonyl (C=O) groups excluding carboxylic acids is 1. The molecule has 0 saturated carbocycles. The van der Waals surface area contributed by atoms with Crippen molar-refractivity contribution in [3.05, 3.63) is 131 Å². The molecule has 0 aliphatic rings. The van der Waals surface area contributed by atoms with Crippen LogP contribution in [-0.2, 0) is 37.9 Å². The fraction of sp³-hybridized carbons (Fsp3) is 0.319. The van der Waals surface area contributed by atoms with Gasteiger partial charge in [0.2, 0.25) is 11.9 Å². The summed E-state index contributed by atoms with van der Waals surface area (Å²) in [5.41, 5.74) is 10.6. The Bertz CT molecular complexity index is 3070. The van der Waals surface area contributed by atoms with Gasteiger partial charge in [-0.25, -0.2) is 43.5 Å². The summed E-state index contributed by atoms with van der Waals surface area (Å²) >= 11 is 0. The standard InChI is InChI=1S/C24H26FN7O2.C15H16FN7.C8H11NO3/c1-14-8-17(21-26-13-27-23(31-21)29-16-10-28-32(5)11-16)18(25)9-15(14)6-7-20(33)19-12-34-22(30-19)24(2,3)4;1-9-3-12(13(16)4-10(9)5-17)14-18-8-19-15(22-14)21-11-6-20-23(2)7-11;1-8(2,3)7-9-5(4-12-7)6(10)11/h8-13H,6-7H2,1-5H3,(H,26,27,29,31);3-4,6-8H,5,17H2,1-2H3,(H,18,19,21,22);4H,1-3H3,(H,10,11). The molecule has 0 bridgehead atoms. The van der Waals surface area contributed by atoms with Crippen molar-refractivity contribution in [3.63, 3.8) is 0 Å². The van der Waals surface area contributed by atoms with Gasteiger partial charge >= 0.3 is 5.97 Å². The topological polar surface area (TPSA) is 269 Å². The number of carboxylic acids is 1. The Balaban J connectivity index is 0.000000191. The number of hydrogen-bond donors (Lipinski definition) is 4.